The van der Waals surface area contributed by atoms with Crippen molar-refractivity contribution in [1.82, 2.24) is 4.57 Å². The summed E-state index contributed by atoms with van der Waals surface area (Å²) < 4.78 is 20.6. The lowest BCUT2D eigenvalue weighted by Crippen LogP contribution is -2.19. The second kappa shape index (κ2) is 8.34. The molecule has 0 bridgehead atoms. The summed E-state index contributed by atoms with van der Waals surface area (Å²) in [4.78, 5) is 12.5. The second-order valence-corrected chi connectivity index (χ2v) is 5.91. The molecule has 134 valence electrons. The Morgan fingerprint density at radius 3 is 2.35 bits per heavy atom. The molecule has 0 spiro atoms. The number of halogens is 1. The van der Waals surface area contributed by atoms with E-state index in [-0.39, 0.29) is 24.2 Å². The Kier molecular flexibility index (Phi) is 5.69. The van der Waals surface area contributed by atoms with Crippen molar-refractivity contribution in [2.75, 3.05) is 11.9 Å². The lowest BCUT2D eigenvalue weighted by atomic mass is 10.0. The van der Waals surface area contributed by atoms with E-state index in [4.69, 9.17) is 4.74 Å². The number of carbonyl (C=O) groups is 1. The van der Waals surface area contributed by atoms with Gasteiger partial charge in [0.25, 0.3) is 0 Å². The molecular weight excluding hydrogens is 331 g/mol. The van der Waals surface area contributed by atoms with Crippen molar-refractivity contribution in [3.63, 3.8) is 0 Å². The zero-order chi connectivity index (χ0) is 18.4. The van der Waals surface area contributed by atoms with Crippen molar-refractivity contribution in [3.05, 3.63) is 84.4 Å². The average Bonchev–Trinajstić information content (AvgIpc) is 3.17. The van der Waals surface area contributed by atoms with E-state index < -0.39 is 0 Å². The van der Waals surface area contributed by atoms with Gasteiger partial charge in [0.15, 0.2) is 0 Å². The number of aromatic nitrogens is 1. The Bertz CT molecular complexity index is 827. The summed E-state index contributed by atoms with van der Waals surface area (Å²) in [6, 6.07) is 17.1. The van der Waals surface area contributed by atoms with Gasteiger partial charge in [0, 0.05) is 18.1 Å². The number of amides is 1. The Hall–Kier alpha value is -3.08. The quantitative estimate of drug-likeness (QED) is 0.673. The fraction of sp³-hybridized carbons (Fsp3) is 0.190. The first kappa shape index (κ1) is 17.7. The summed E-state index contributed by atoms with van der Waals surface area (Å²) in [5, 5.41) is 2.90. The molecule has 1 heterocycles. The van der Waals surface area contributed by atoms with Crippen LogP contribution < -0.4 is 10.1 Å². The lowest BCUT2D eigenvalue weighted by molar-refractivity contribution is -0.116. The molecule has 4 nitrogen and oxygen atoms in total. The van der Waals surface area contributed by atoms with Crippen LogP contribution in [-0.2, 0) is 4.79 Å². The number of nitrogens with one attached hydrogen (secondary N) is 1. The Labute approximate surface area is 152 Å². The molecule has 2 aromatic carbocycles. The van der Waals surface area contributed by atoms with Gasteiger partial charge < -0.3 is 14.6 Å². The Morgan fingerprint density at radius 1 is 1.08 bits per heavy atom. The summed E-state index contributed by atoms with van der Waals surface area (Å²) in [5.74, 6) is 0.359. The van der Waals surface area contributed by atoms with E-state index in [0.717, 1.165) is 11.3 Å². The summed E-state index contributed by atoms with van der Waals surface area (Å²) in [7, 11) is 0. The van der Waals surface area contributed by atoms with Crippen LogP contribution >= 0.6 is 0 Å². The summed E-state index contributed by atoms with van der Waals surface area (Å²) in [6.45, 7) is 2.52. The maximum atomic E-state index is 13.2. The van der Waals surface area contributed by atoms with Gasteiger partial charge in [-0.05, 0) is 61.0 Å². The molecule has 5 heteroatoms. The third-order valence-corrected chi connectivity index (χ3v) is 4.07. The lowest BCUT2D eigenvalue weighted by Gasteiger charge is -2.19. The number of hydrogen-bond donors (Lipinski definition) is 1. The first-order valence-corrected chi connectivity index (χ1v) is 8.56. The molecule has 0 aliphatic carbocycles. The second-order valence-electron chi connectivity index (χ2n) is 5.91. The third-order valence-electron chi connectivity index (χ3n) is 4.07. The number of anilines is 1. The van der Waals surface area contributed by atoms with Gasteiger partial charge >= 0.3 is 0 Å². The number of benzene rings is 2. The van der Waals surface area contributed by atoms with Crippen LogP contribution in [0.1, 0.15) is 24.9 Å². The van der Waals surface area contributed by atoms with Crippen LogP contribution in [0, 0.1) is 5.82 Å². The smallest absolute Gasteiger partial charge is 0.226 e. The highest BCUT2D eigenvalue weighted by Gasteiger charge is 2.17. The van der Waals surface area contributed by atoms with Gasteiger partial charge in [-0.3, -0.25) is 4.79 Å². The number of rotatable bonds is 7. The fourth-order valence-corrected chi connectivity index (χ4v) is 2.82. The molecule has 1 unspecified atom stereocenters. The van der Waals surface area contributed by atoms with Crippen LogP contribution in [0.3, 0.4) is 0 Å². The van der Waals surface area contributed by atoms with Crippen LogP contribution in [-0.4, -0.2) is 17.1 Å². The molecule has 0 radical (unpaired) electrons. The van der Waals surface area contributed by atoms with Gasteiger partial charge in [-0.25, -0.2) is 4.39 Å². The van der Waals surface area contributed by atoms with Crippen LogP contribution in [0.25, 0.3) is 0 Å². The van der Waals surface area contributed by atoms with E-state index in [1.54, 1.807) is 12.1 Å². The number of ether oxygens (including phenoxy) is 1. The number of nitrogens with zero attached hydrogens (tertiary/aromatic N) is 1. The average molecular weight is 352 g/mol. The van der Waals surface area contributed by atoms with E-state index in [1.807, 2.05) is 60.3 Å². The molecular formula is C21H21FN2O2. The summed E-state index contributed by atoms with van der Waals surface area (Å²) in [5.41, 5.74) is 1.59. The Balaban J connectivity index is 1.72. The van der Waals surface area contributed by atoms with E-state index in [0.29, 0.717) is 12.3 Å². The molecule has 1 atom stereocenters. The maximum Gasteiger partial charge on any atom is 0.226 e. The topological polar surface area (TPSA) is 43.3 Å². The van der Waals surface area contributed by atoms with Crippen molar-refractivity contribution < 1.29 is 13.9 Å². The highest BCUT2D eigenvalue weighted by atomic mass is 19.1. The molecule has 1 aromatic heterocycles. The minimum Gasteiger partial charge on any atom is -0.494 e. The highest BCUT2D eigenvalue weighted by Crippen LogP contribution is 2.24. The van der Waals surface area contributed by atoms with Gasteiger partial charge in [-0.1, -0.05) is 12.1 Å². The van der Waals surface area contributed by atoms with Crippen molar-refractivity contribution in [2.24, 2.45) is 0 Å². The zero-order valence-electron chi connectivity index (χ0n) is 14.6. The van der Waals surface area contributed by atoms with Gasteiger partial charge in [-0.15, -0.1) is 0 Å². The first-order chi connectivity index (χ1) is 12.7. The van der Waals surface area contributed by atoms with Crippen LogP contribution in [0.5, 0.6) is 5.75 Å². The predicted octanol–water partition coefficient (Wildman–Crippen LogP) is 4.64. The van der Waals surface area contributed by atoms with Crippen molar-refractivity contribution in [2.45, 2.75) is 19.4 Å². The molecule has 0 aliphatic rings. The predicted molar refractivity (Wildman–Crippen MR) is 99.8 cm³/mol. The molecule has 1 amide bonds. The molecule has 0 aliphatic heterocycles. The normalized spacial score (nSPS) is 11.8. The third kappa shape index (κ3) is 4.51. The van der Waals surface area contributed by atoms with Crippen LogP contribution in [0.2, 0.25) is 0 Å². The van der Waals surface area contributed by atoms with Gasteiger partial charge in [0.2, 0.25) is 5.91 Å². The molecule has 26 heavy (non-hydrogen) atoms. The molecule has 3 aromatic rings. The van der Waals surface area contributed by atoms with Gasteiger partial charge in [0.05, 0.1) is 19.1 Å². The summed E-state index contributed by atoms with van der Waals surface area (Å²) >= 11 is 0. The van der Waals surface area contributed by atoms with Crippen LogP contribution in [0.15, 0.2) is 73.1 Å². The molecule has 0 saturated carbocycles. The molecule has 0 fully saturated rings. The van der Waals surface area contributed by atoms with E-state index in [9.17, 15) is 9.18 Å². The van der Waals surface area contributed by atoms with Crippen molar-refractivity contribution in [1.29, 1.82) is 0 Å². The monoisotopic (exact) mass is 352 g/mol. The minimum atomic E-state index is -0.293. The van der Waals surface area contributed by atoms with Crippen molar-refractivity contribution in [3.8, 4) is 5.75 Å². The van der Waals surface area contributed by atoms with Gasteiger partial charge in [-0.2, -0.15) is 0 Å². The molecule has 3 rings (SSSR count). The Morgan fingerprint density at radius 2 is 1.73 bits per heavy atom. The van der Waals surface area contributed by atoms with E-state index >= 15 is 0 Å². The number of carbonyl (C=O) groups excluding carboxylic acids is 1. The highest BCUT2D eigenvalue weighted by molar-refractivity contribution is 5.91. The fourth-order valence-electron chi connectivity index (χ4n) is 2.82. The minimum absolute atomic E-state index is 0.114. The maximum absolute atomic E-state index is 13.2. The van der Waals surface area contributed by atoms with Crippen molar-refractivity contribution >= 4 is 11.6 Å². The van der Waals surface area contributed by atoms with E-state index in [1.165, 1.54) is 12.1 Å². The summed E-state index contributed by atoms with van der Waals surface area (Å²) in [6.07, 6.45) is 4.05. The van der Waals surface area contributed by atoms with E-state index in [2.05, 4.69) is 5.32 Å². The zero-order valence-corrected chi connectivity index (χ0v) is 14.6. The van der Waals surface area contributed by atoms with Crippen LogP contribution in [0.4, 0.5) is 10.1 Å². The van der Waals surface area contributed by atoms with Gasteiger partial charge in [0.1, 0.15) is 11.6 Å². The molecule has 1 N–H and O–H groups in total. The standard InChI is InChI=1S/C21H21FN2O2/c1-2-26-19-11-9-18(10-12-19)23-21(25)15-20(24-13-3-4-14-24)16-5-7-17(22)8-6-16/h3-14,20H,2,15H2,1H3,(H,23,25). The SMILES string of the molecule is CCOc1ccc(NC(=O)CC(c2ccc(F)cc2)n2cccc2)cc1. The molecule has 0 saturated heterocycles. The number of hydrogen-bond acceptors (Lipinski definition) is 2. The first-order valence-electron chi connectivity index (χ1n) is 8.56. The largest absolute Gasteiger partial charge is 0.494 e.